The van der Waals surface area contributed by atoms with Gasteiger partial charge in [-0.05, 0) is 36.2 Å². The van der Waals surface area contributed by atoms with Crippen molar-refractivity contribution in [1.82, 2.24) is 9.97 Å². The predicted molar refractivity (Wildman–Crippen MR) is 103 cm³/mol. The van der Waals surface area contributed by atoms with E-state index in [4.69, 9.17) is 0 Å². The number of nitrogens with one attached hydrogen (secondary N) is 1. The lowest BCUT2D eigenvalue weighted by atomic mass is 9.92. The largest absolute Gasteiger partial charge is 0.390 e. The summed E-state index contributed by atoms with van der Waals surface area (Å²) in [5, 5.41) is 44.4. The molecule has 0 saturated heterocycles. The van der Waals surface area contributed by atoms with Crippen LogP contribution in [0.3, 0.4) is 0 Å². The summed E-state index contributed by atoms with van der Waals surface area (Å²) in [6, 6.07) is 9.44. The Morgan fingerprint density at radius 2 is 1.90 bits per heavy atom. The van der Waals surface area contributed by atoms with E-state index in [2.05, 4.69) is 21.4 Å². The first-order valence-electron chi connectivity index (χ1n) is 9.30. The first kappa shape index (κ1) is 20.1. The molecule has 4 N–H and O–H groups in total. The molecule has 30 heavy (non-hydrogen) atoms. The second kappa shape index (κ2) is 7.91. The van der Waals surface area contributed by atoms with Gasteiger partial charge < -0.3 is 20.6 Å². The van der Waals surface area contributed by atoms with Crippen LogP contribution in [-0.4, -0.2) is 43.5 Å². The summed E-state index contributed by atoms with van der Waals surface area (Å²) in [6.45, 7) is 0. The Labute approximate surface area is 170 Å². The lowest BCUT2D eigenvalue weighted by molar-refractivity contribution is -0.0222. The monoisotopic (exact) mass is 412 g/mol. The third kappa shape index (κ3) is 3.45. The van der Waals surface area contributed by atoms with Crippen molar-refractivity contribution in [3.05, 3.63) is 65.5 Å². The highest BCUT2D eigenvalue weighted by Gasteiger charge is 2.45. The van der Waals surface area contributed by atoms with E-state index in [0.717, 1.165) is 12.1 Å². The lowest BCUT2D eigenvalue weighted by Gasteiger charge is -2.22. The minimum atomic E-state index is -1.30. The average molecular weight is 412 g/mol. The molecule has 1 saturated carbocycles. The molecule has 1 aliphatic carbocycles. The van der Waals surface area contributed by atoms with Crippen molar-refractivity contribution in [2.24, 2.45) is 5.92 Å². The van der Waals surface area contributed by atoms with Crippen LogP contribution in [0.5, 0.6) is 0 Å². The van der Waals surface area contributed by atoms with Gasteiger partial charge in [-0.15, -0.1) is 0 Å². The van der Waals surface area contributed by atoms with Crippen molar-refractivity contribution in [3.8, 4) is 6.07 Å². The fraction of sp³-hybridized carbons (Fsp3) is 0.286. The number of nitrogens with zero attached hydrogens (tertiary/aromatic N) is 3. The van der Waals surface area contributed by atoms with Gasteiger partial charge in [-0.1, -0.05) is 12.1 Å². The second-order valence-corrected chi connectivity index (χ2v) is 7.29. The van der Waals surface area contributed by atoms with Crippen LogP contribution in [0.15, 0.2) is 42.7 Å². The summed E-state index contributed by atoms with van der Waals surface area (Å²) in [6.07, 6.45) is -2.40. The zero-order chi connectivity index (χ0) is 21.4. The van der Waals surface area contributed by atoms with Gasteiger partial charge in [-0.2, -0.15) is 5.26 Å². The molecule has 3 aromatic rings. The molecule has 0 aliphatic heterocycles. The third-order valence-corrected chi connectivity index (χ3v) is 5.53. The number of aliphatic hydroxyl groups is 3. The highest BCUT2D eigenvalue weighted by atomic mass is 19.2. The zero-order valence-corrected chi connectivity index (χ0v) is 15.6. The van der Waals surface area contributed by atoms with E-state index in [-0.39, 0.29) is 12.0 Å². The number of benzene rings is 2. The van der Waals surface area contributed by atoms with Gasteiger partial charge in [0, 0.05) is 11.3 Å². The Bertz CT molecular complexity index is 1140. The number of anilines is 1. The number of nitriles is 1. The molecular weight excluding hydrogens is 394 g/mol. The number of halogens is 2. The van der Waals surface area contributed by atoms with E-state index in [1.54, 1.807) is 18.2 Å². The van der Waals surface area contributed by atoms with Gasteiger partial charge in [0.05, 0.1) is 29.3 Å². The Hall–Kier alpha value is -3.19. The molecule has 1 aromatic heterocycles. The maximum Gasteiger partial charge on any atom is 0.159 e. The number of para-hydroxylation sites is 1. The van der Waals surface area contributed by atoms with Crippen LogP contribution < -0.4 is 5.32 Å². The number of hydrogen-bond donors (Lipinski definition) is 4. The topological polar surface area (TPSA) is 122 Å². The summed E-state index contributed by atoms with van der Waals surface area (Å²) < 4.78 is 26.7. The predicted octanol–water partition coefficient (Wildman–Crippen LogP) is 2.04. The zero-order valence-electron chi connectivity index (χ0n) is 15.6. The molecule has 154 valence electrons. The molecule has 7 nitrogen and oxygen atoms in total. The molecule has 1 heterocycles. The van der Waals surface area contributed by atoms with E-state index in [0.29, 0.717) is 22.3 Å². The van der Waals surface area contributed by atoms with Crippen molar-refractivity contribution in [2.45, 2.75) is 30.8 Å². The number of aliphatic hydroxyl groups excluding tert-OH is 3. The maximum atomic E-state index is 13.5. The van der Waals surface area contributed by atoms with Gasteiger partial charge >= 0.3 is 0 Å². The molecule has 1 fully saturated rings. The van der Waals surface area contributed by atoms with Crippen molar-refractivity contribution >= 4 is 16.7 Å². The summed E-state index contributed by atoms with van der Waals surface area (Å²) in [5.41, 5.74) is 0.928. The molecule has 0 spiro atoms. The Morgan fingerprint density at radius 3 is 2.63 bits per heavy atom. The van der Waals surface area contributed by atoms with Gasteiger partial charge in [0.25, 0.3) is 0 Å². The van der Waals surface area contributed by atoms with Gasteiger partial charge in [-0.3, -0.25) is 0 Å². The van der Waals surface area contributed by atoms with Crippen molar-refractivity contribution in [2.75, 3.05) is 5.32 Å². The van der Waals surface area contributed by atoms with Crippen LogP contribution in [0.2, 0.25) is 0 Å². The maximum absolute atomic E-state index is 13.5. The Morgan fingerprint density at radius 1 is 1.10 bits per heavy atom. The van der Waals surface area contributed by atoms with E-state index < -0.39 is 41.9 Å². The van der Waals surface area contributed by atoms with Crippen LogP contribution in [0.25, 0.3) is 10.9 Å². The van der Waals surface area contributed by atoms with Crippen LogP contribution in [-0.2, 0) is 0 Å². The highest BCUT2D eigenvalue weighted by molar-refractivity contribution is 5.92. The number of aromatic nitrogens is 2. The van der Waals surface area contributed by atoms with Crippen LogP contribution >= 0.6 is 0 Å². The molecule has 4 rings (SSSR count). The fourth-order valence-corrected chi connectivity index (χ4v) is 3.94. The molecule has 9 heteroatoms. The van der Waals surface area contributed by atoms with E-state index in [1.807, 2.05) is 0 Å². The normalized spacial score (nSPS) is 24.5. The molecule has 1 unspecified atom stereocenters. The minimum absolute atomic E-state index is 0.108. The molecular formula is C21H18F2N4O3. The van der Waals surface area contributed by atoms with Crippen molar-refractivity contribution in [1.29, 1.82) is 5.26 Å². The summed E-state index contributed by atoms with van der Waals surface area (Å²) in [5.74, 6) is -2.58. The van der Waals surface area contributed by atoms with Gasteiger partial charge in [0.1, 0.15) is 24.3 Å². The Balaban J connectivity index is 1.59. The summed E-state index contributed by atoms with van der Waals surface area (Å²) in [7, 11) is 0. The van der Waals surface area contributed by atoms with Gasteiger partial charge in [0.15, 0.2) is 11.6 Å². The molecule has 0 radical (unpaired) electrons. The van der Waals surface area contributed by atoms with E-state index in [9.17, 15) is 29.4 Å². The van der Waals surface area contributed by atoms with Gasteiger partial charge in [-0.25, -0.2) is 18.7 Å². The van der Waals surface area contributed by atoms with E-state index >= 15 is 0 Å². The number of fused-ring (bicyclic) bond motifs is 1. The smallest absolute Gasteiger partial charge is 0.159 e. The fourth-order valence-electron chi connectivity index (χ4n) is 3.94. The first-order chi connectivity index (χ1) is 14.4. The van der Waals surface area contributed by atoms with E-state index in [1.165, 1.54) is 12.4 Å². The molecule has 0 amide bonds. The van der Waals surface area contributed by atoms with Crippen LogP contribution in [0.1, 0.15) is 23.7 Å². The lowest BCUT2D eigenvalue weighted by Crippen LogP contribution is -2.36. The van der Waals surface area contributed by atoms with Crippen LogP contribution in [0.4, 0.5) is 14.6 Å². The standard InChI is InChI=1S/C21H18F2N4O3/c22-14-5-4-10(6-15(14)23)18(28)13-7-16(20(30)19(13)29)27-21-12-3-1-2-11(8-24)17(12)25-9-26-21/h1-6,9,13,16,18-20,28-30H,7H2,(H,25,26,27)/t13-,16-,18?,19-,20+/m1/s1. The summed E-state index contributed by atoms with van der Waals surface area (Å²) in [4.78, 5) is 8.30. The first-order valence-corrected chi connectivity index (χ1v) is 9.30. The van der Waals surface area contributed by atoms with Gasteiger partial charge in [0.2, 0.25) is 0 Å². The average Bonchev–Trinajstić information content (AvgIpc) is 3.03. The number of rotatable bonds is 4. The SMILES string of the molecule is N#Cc1cccc2c(N[C@@H]3C[C@H](C(O)c4ccc(F)c(F)c4)[C@@H](O)[C@H]3O)ncnc12. The molecule has 5 atom stereocenters. The summed E-state index contributed by atoms with van der Waals surface area (Å²) >= 11 is 0. The quantitative estimate of drug-likeness (QED) is 0.517. The van der Waals surface area contributed by atoms with Crippen molar-refractivity contribution in [3.63, 3.8) is 0 Å². The molecule has 2 aromatic carbocycles. The van der Waals surface area contributed by atoms with Crippen LogP contribution in [0, 0.1) is 28.9 Å². The minimum Gasteiger partial charge on any atom is -0.390 e. The second-order valence-electron chi connectivity index (χ2n) is 7.29. The molecule has 1 aliphatic rings. The third-order valence-electron chi connectivity index (χ3n) is 5.53. The highest BCUT2D eigenvalue weighted by Crippen LogP contribution is 2.38. The number of hydrogen-bond acceptors (Lipinski definition) is 7. The Kier molecular flexibility index (Phi) is 5.30. The van der Waals surface area contributed by atoms with Crippen molar-refractivity contribution < 1.29 is 24.1 Å². The molecule has 0 bridgehead atoms.